The van der Waals surface area contributed by atoms with Gasteiger partial charge in [0, 0.05) is 63.0 Å². The zero-order valence-electron chi connectivity index (χ0n) is 22.0. The smallest absolute Gasteiger partial charge is 0.273 e. The molecule has 1 aliphatic heterocycles. The first-order chi connectivity index (χ1) is 19.6. The Labute approximate surface area is 232 Å². The minimum Gasteiger partial charge on any atom is -0.355 e. The minimum absolute atomic E-state index is 0.0485. The van der Waals surface area contributed by atoms with Gasteiger partial charge in [0.05, 0.1) is 17.0 Å². The quantitative estimate of drug-likeness (QED) is 0.396. The maximum absolute atomic E-state index is 14.2. The van der Waals surface area contributed by atoms with Crippen LogP contribution in [0.25, 0.3) is 11.3 Å². The van der Waals surface area contributed by atoms with Gasteiger partial charge in [-0.2, -0.15) is 0 Å². The van der Waals surface area contributed by atoms with Gasteiger partial charge in [-0.1, -0.05) is 5.16 Å². The van der Waals surface area contributed by atoms with E-state index in [2.05, 4.69) is 25.8 Å². The zero-order valence-corrected chi connectivity index (χ0v) is 22.0. The fraction of sp³-hybridized carbons (Fsp3) is 0.464. The molecule has 9 nitrogen and oxygen atoms in total. The first kappa shape index (κ1) is 27.3. The lowest BCUT2D eigenvalue weighted by Gasteiger charge is -2.43. The summed E-state index contributed by atoms with van der Waals surface area (Å²) in [6.07, 6.45) is 4.63. The van der Waals surface area contributed by atoms with Gasteiger partial charge in [-0.25, -0.2) is 27.5 Å². The SMILES string of the molecule is O=C(N[C@H]1CCN(CC2CC(F)(F)C2)C[C@@H]1C(=O)NC1(c2ncccn2)CC1)c1cc(-c2ccc(F)cc2F)on1. The summed E-state index contributed by atoms with van der Waals surface area (Å²) in [6, 6.07) is 5.30. The number of benzene rings is 1. The summed E-state index contributed by atoms with van der Waals surface area (Å²) in [5.74, 6) is -5.52. The fourth-order valence-corrected chi connectivity index (χ4v) is 5.75. The lowest BCUT2D eigenvalue weighted by molar-refractivity contribution is -0.132. The Morgan fingerprint density at radius 3 is 2.54 bits per heavy atom. The molecular formula is C28H28F4N6O3. The molecule has 0 spiro atoms. The van der Waals surface area contributed by atoms with Crippen LogP contribution in [0.4, 0.5) is 17.6 Å². The number of alkyl halides is 2. The Morgan fingerprint density at radius 2 is 1.85 bits per heavy atom. The van der Waals surface area contributed by atoms with Crippen LogP contribution in [0.2, 0.25) is 0 Å². The highest BCUT2D eigenvalue weighted by Crippen LogP contribution is 2.45. The second-order valence-electron chi connectivity index (χ2n) is 11.2. The minimum atomic E-state index is -2.63. The number of carbonyl (C=O) groups excluding carboxylic acids is 2. The lowest BCUT2D eigenvalue weighted by atomic mass is 9.80. The average Bonchev–Trinajstić information content (AvgIpc) is 3.54. The van der Waals surface area contributed by atoms with Crippen LogP contribution in [0.5, 0.6) is 0 Å². The summed E-state index contributed by atoms with van der Waals surface area (Å²) < 4.78 is 59.5. The van der Waals surface area contributed by atoms with Gasteiger partial charge in [-0.3, -0.25) is 9.59 Å². The molecule has 1 aromatic carbocycles. The topological polar surface area (TPSA) is 113 Å². The molecule has 3 fully saturated rings. The van der Waals surface area contributed by atoms with Crippen molar-refractivity contribution in [1.29, 1.82) is 0 Å². The third kappa shape index (κ3) is 5.81. The molecule has 216 valence electrons. The normalized spacial score (nSPS) is 23.4. The van der Waals surface area contributed by atoms with Gasteiger partial charge in [0.2, 0.25) is 11.8 Å². The summed E-state index contributed by atoms with van der Waals surface area (Å²) in [5, 5.41) is 9.68. The molecule has 3 aromatic rings. The van der Waals surface area contributed by atoms with Crippen molar-refractivity contribution in [3.8, 4) is 11.3 Å². The summed E-state index contributed by atoms with van der Waals surface area (Å²) in [7, 11) is 0. The molecule has 13 heteroatoms. The second kappa shape index (κ2) is 10.5. The number of carbonyl (C=O) groups is 2. The number of halogens is 4. The Hall–Kier alpha value is -3.87. The van der Waals surface area contributed by atoms with Crippen molar-refractivity contribution in [2.24, 2.45) is 11.8 Å². The first-order valence-corrected chi connectivity index (χ1v) is 13.5. The van der Waals surface area contributed by atoms with Crippen LogP contribution in [-0.4, -0.2) is 63.4 Å². The number of aromatic nitrogens is 3. The van der Waals surface area contributed by atoms with Gasteiger partial charge in [-0.15, -0.1) is 0 Å². The number of hydrogen-bond donors (Lipinski definition) is 2. The molecule has 3 aliphatic rings. The lowest BCUT2D eigenvalue weighted by Crippen LogP contribution is -2.58. The Morgan fingerprint density at radius 1 is 1.10 bits per heavy atom. The van der Waals surface area contributed by atoms with Crippen LogP contribution in [-0.2, 0) is 10.3 Å². The predicted molar refractivity (Wildman–Crippen MR) is 136 cm³/mol. The van der Waals surface area contributed by atoms with Crippen molar-refractivity contribution < 1.29 is 31.7 Å². The molecule has 1 saturated heterocycles. The largest absolute Gasteiger partial charge is 0.355 e. The number of nitrogens with one attached hydrogen (secondary N) is 2. The molecule has 2 saturated carbocycles. The van der Waals surface area contributed by atoms with Crippen LogP contribution in [0, 0.1) is 23.5 Å². The number of nitrogens with zero attached hydrogens (tertiary/aromatic N) is 4. The van der Waals surface area contributed by atoms with E-state index in [0.717, 1.165) is 6.07 Å². The molecule has 3 heterocycles. The summed E-state index contributed by atoms with van der Waals surface area (Å²) in [6.45, 7) is 1.23. The van der Waals surface area contributed by atoms with Crippen LogP contribution in [0.15, 0.2) is 47.2 Å². The highest BCUT2D eigenvalue weighted by atomic mass is 19.3. The molecule has 6 rings (SSSR count). The summed E-state index contributed by atoms with van der Waals surface area (Å²) >= 11 is 0. The number of likely N-dealkylation sites (tertiary alicyclic amines) is 1. The van der Waals surface area contributed by atoms with Crippen molar-refractivity contribution in [2.45, 2.75) is 49.6 Å². The van der Waals surface area contributed by atoms with Gasteiger partial charge >= 0.3 is 0 Å². The van der Waals surface area contributed by atoms with Gasteiger partial charge in [-0.05, 0) is 43.4 Å². The van der Waals surface area contributed by atoms with Crippen molar-refractivity contribution in [3.63, 3.8) is 0 Å². The van der Waals surface area contributed by atoms with E-state index < -0.39 is 41.0 Å². The maximum atomic E-state index is 14.2. The molecule has 2 amide bonds. The molecular weight excluding hydrogens is 544 g/mol. The van der Waals surface area contributed by atoms with E-state index in [0.29, 0.717) is 44.2 Å². The molecule has 2 aliphatic carbocycles. The van der Waals surface area contributed by atoms with Gasteiger partial charge in [0.25, 0.3) is 5.91 Å². The number of hydrogen-bond acceptors (Lipinski definition) is 7. The Balaban J connectivity index is 1.17. The Kier molecular flexibility index (Phi) is 7.00. The van der Waals surface area contributed by atoms with Crippen LogP contribution < -0.4 is 10.6 Å². The van der Waals surface area contributed by atoms with E-state index in [9.17, 15) is 27.2 Å². The molecule has 0 unspecified atom stereocenters. The molecule has 41 heavy (non-hydrogen) atoms. The maximum Gasteiger partial charge on any atom is 0.273 e. The molecule has 0 radical (unpaired) electrons. The van der Waals surface area contributed by atoms with Crippen molar-refractivity contribution in [2.75, 3.05) is 19.6 Å². The second-order valence-corrected chi connectivity index (χ2v) is 11.2. The Bertz CT molecular complexity index is 1440. The van der Waals surface area contributed by atoms with Crippen LogP contribution >= 0.6 is 0 Å². The summed E-state index contributed by atoms with van der Waals surface area (Å²) in [5.41, 5.74) is -0.854. The van der Waals surface area contributed by atoms with E-state index in [1.807, 2.05) is 4.90 Å². The van der Waals surface area contributed by atoms with Gasteiger partial charge < -0.3 is 20.1 Å². The van der Waals surface area contributed by atoms with E-state index in [-0.39, 0.29) is 48.2 Å². The molecule has 2 N–H and O–H groups in total. The monoisotopic (exact) mass is 572 g/mol. The van der Waals surface area contributed by atoms with Crippen LogP contribution in [0.3, 0.4) is 0 Å². The van der Waals surface area contributed by atoms with Crippen LogP contribution in [0.1, 0.15) is 48.4 Å². The number of amides is 2. The first-order valence-electron chi connectivity index (χ1n) is 13.5. The highest BCUT2D eigenvalue weighted by molar-refractivity contribution is 5.94. The molecule has 2 aromatic heterocycles. The van der Waals surface area contributed by atoms with Crippen molar-refractivity contribution >= 4 is 11.8 Å². The zero-order chi connectivity index (χ0) is 28.8. The molecule has 2 atom stereocenters. The molecule has 0 bridgehead atoms. The number of rotatable bonds is 8. The average molecular weight is 573 g/mol. The van der Waals surface area contributed by atoms with Gasteiger partial charge in [0.1, 0.15) is 11.6 Å². The standard InChI is InChI=1S/C28H28F4N6O3/c29-17-2-3-18(20(30)10-17)23-11-22(37-41-23)25(40)35-21-4-9-38(14-16-12-28(31,32)13-16)15-19(21)24(39)36-27(5-6-27)26-33-7-1-8-34-26/h1-3,7-8,10-11,16,19,21H,4-6,9,12-15H2,(H,35,40)(H,36,39)/t19-,21-/m0/s1. The third-order valence-electron chi connectivity index (χ3n) is 8.09. The van der Waals surface area contributed by atoms with E-state index in [1.165, 1.54) is 12.1 Å². The number of piperidine rings is 1. The van der Waals surface area contributed by atoms with Crippen molar-refractivity contribution in [1.82, 2.24) is 30.7 Å². The van der Waals surface area contributed by atoms with Gasteiger partial charge in [0.15, 0.2) is 17.3 Å². The summed E-state index contributed by atoms with van der Waals surface area (Å²) in [4.78, 5) is 37.4. The highest BCUT2D eigenvalue weighted by Gasteiger charge is 2.51. The van der Waals surface area contributed by atoms with E-state index in [4.69, 9.17) is 4.52 Å². The predicted octanol–water partition coefficient (Wildman–Crippen LogP) is 3.68. The fourth-order valence-electron chi connectivity index (χ4n) is 5.75. The van der Waals surface area contributed by atoms with E-state index >= 15 is 0 Å². The van der Waals surface area contributed by atoms with Crippen molar-refractivity contribution in [3.05, 3.63) is 65.9 Å². The third-order valence-corrected chi connectivity index (χ3v) is 8.09. The van der Waals surface area contributed by atoms with E-state index in [1.54, 1.807) is 18.5 Å².